The lowest BCUT2D eigenvalue weighted by atomic mass is 10.1. The van der Waals surface area contributed by atoms with Gasteiger partial charge in [0.1, 0.15) is 5.82 Å². The van der Waals surface area contributed by atoms with Gasteiger partial charge in [0, 0.05) is 35.8 Å². The maximum atomic E-state index is 13.8. The molecule has 0 aliphatic heterocycles. The Bertz CT molecular complexity index is 556. The second-order valence-electron chi connectivity index (χ2n) is 4.77. The molecule has 1 heterocycles. The molecule has 1 unspecified atom stereocenters. The predicted octanol–water partition coefficient (Wildman–Crippen LogP) is 3.91. The largest absolute Gasteiger partial charge is 0.362 e. The molecule has 1 N–H and O–H groups in total. The molecule has 0 radical (unpaired) electrons. The maximum Gasteiger partial charge on any atom is 0.182 e. The number of benzene rings is 1. The van der Waals surface area contributed by atoms with E-state index in [1.165, 1.54) is 10.9 Å². The van der Waals surface area contributed by atoms with E-state index in [2.05, 4.69) is 15.2 Å². The monoisotopic (exact) mass is 293 g/mol. The molecule has 0 amide bonds. The van der Waals surface area contributed by atoms with Gasteiger partial charge >= 0.3 is 0 Å². The molecule has 0 fully saturated rings. The lowest BCUT2D eigenvalue weighted by Gasteiger charge is -2.24. The van der Waals surface area contributed by atoms with Crippen molar-refractivity contribution >= 4 is 16.5 Å². The van der Waals surface area contributed by atoms with E-state index in [0.29, 0.717) is 0 Å². The molecule has 0 bridgehead atoms. The molecule has 1 aromatic carbocycles. The number of halogens is 1. The van der Waals surface area contributed by atoms with Crippen LogP contribution < -0.4 is 5.32 Å². The van der Waals surface area contributed by atoms with Crippen LogP contribution in [0.15, 0.2) is 30.5 Å². The Morgan fingerprint density at radius 3 is 2.85 bits per heavy atom. The first-order valence-corrected chi connectivity index (χ1v) is 7.56. The van der Waals surface area contributed by atoms with Crippen LogP contribution in [-0.4, -0.2) is 23.5 Å². The average molecular weight is 293 g/mol. The molecule has 2 rings (SSSR count). The summed E-state index contributed by atoms with van der Waals surface area (Å²) in [7, 11) is 2.00. The molecule has 5 heteroatoms. The van der Waals surface area contributed by atoms with Crippen molar-refractivity contribution in [2.75, 3.05) is 18.9 Å². The highest BCUT2D eigenvalue weighted by Crippen LogP contribution is 2.25. The van der Waals surface area contributed by atoms with Crippen molar-refractivity contribution in [2.24, 2.45) is 0 Å². The van der Waals surface area contributed by atoms with Crippen molar-refractivity contribution < 1.29 is 4.39 Å². The fourth-order valence-corrected chi connectivity index (χ4v) is 2.99. The Balaban J connectivity index is 2.03. The molecule has 0 saturated carbocycles. The second kappa shape index (κ2) is 6.81. The van der Waals surface area contributed by atoms with Crippen LogP contribution in [0.5, 0.6) is 0 Å². The summed E-state index contributed by atoms with van der Waals surface area (Å²) in [6.07, 6.45) is 1.88. The zero-order valence-electron chi connectivity index (χ0n) is 12.1. The van der Waals surface area contributed by atoms with Crippen molar-refractivity contribution in [2.45, 2.75) is 26.4 Å². The summed E-state index contributed by atoms with van der Waals surface area (Å²) in [6, 6.07) is 6.97. The van der Waals surface area contributed by atoms with Crippen LogP contribution in [0.2, 0.25) is 0 Å². The zero-order valence-corrected chi connectivity index (χ0v) is 12.9. The van der Waals surface area contributed by atoms with Crippen molar-refractivity contribution in [3.63, 3.8) is 0 Å². The van der Waals surface area contributed by atoms with Gasteiger partial charge in [-0.25, -0.2) is 9.37 Å². The van der Waals surface area contributed by atoms with Gasteiger partial charge in [0.15, 0.2) is 5.13 Å². The second-order valence-corrected chi connectivity index (χ2v) is 5.89. The Morgan fingerprint density at radius 2 is 2.15 bits per heavy atom. The molecule has 1 atom stereocenters. The van der Waals surface area contributed by atoms with E-state index in [-0.39, 0.29) is 11.9 Å². The van der Waals surface area contributed by atoms with Crippen LogP contribution in [-0.2, 0) is 6.54 Å². The smallest absolute Gasteiger partial charge is 0.182 e. The fourth-order valence-electron chi connectivity index (χ4n) is 2.05. The van der Waals surface area contributed by atoms with Crippen molar-refractivity contribution in [1.29, 1.82) is 0 Å². The summed E-state index contributed by atoms with van der Waals surface area (Å²) in [5.74, 6) is -0.149. The van der Waals surface area contributed by atoms with Gasteiger partial charge in [-0.3, -0.25) is 4.90 Å². The minimum Gasteiger partial charge on any atom is -0.362 e. The van der Waals surface area contributed by atoms with Crippen molar-refractivity contribution in [3.8, 4) is 0 Å². The molecular formula is C15H20FN3S. The summed E-state index contributed by atoms with van der Waals surface area (Å²) in [5.41, 5.74) is 0.728. The van der Waals surface area contributed by atoms with Gasteiger partial charge in [-0.1, -0.05) is 18.2 Å². The third-order valence-corrected chi connectivity index (χ3v) is 4.24. The van der Waals surface area contributed by atoms with Gasteiger partial charge in [0.2, 0.25) is 0 Å². The number of anilines is 1. The van der Waals surface area contributed by atoms with Gasteiger partial charge < -0.3 is 5.32 Å². The minimum absolute atomic E-state index is 0.0286. The number of aromatic nitrogens is 1. The number of hydrogen-bond acceptors (Lipinski definition) is 4. The SMILES string of the molecule is CCNc1ncc(CN(C)C(C)c2ccccc2F)s1. The Kier molecular flexibility index (Phi) is 5.09. The number of nitrogens with zero attached hydrogens (tertiary/aromatic N) is 2. The maximum absolute atomic E-state index is 13.8. The van der Waals surface area contributed by atoms with E-state index < -0.39 is 0 Å². The highest BCUT2D eigenvalue weighted by Gasteiger charge is 2.16. The molecule has 2 aromatic rings. The lowest BCUT2D eigenvalue weighted by Crippen LogP contribution is -2.22. The molecule has 20 heavy (non-hydrogen) atoms. The number of nitrogens with one attached hydrogen (secondary N) is 1. The van der Waals surface area contributed by atoms with Crippen LogP contribution in [0.1, 0.15) is 30.3 Å². The molecule has 1 aromatic heterocycles. The quantitative estimate of drug-likeness (QED) is 0.875. The minimum atomic E-state index is -0.149. The van der Waals surface area contributed by atoms with Gasteiger partial charge in [-0.05, 0) is 27.0 Å². The number of thiazole rings is 1. The fraction of sp³-hybridized carbons (Fsp3) is 0.400. The molecule has 3 nitrogen and oxygen atoms in total. The average Bonchev–Trinajstić information content (AvgIpc) is 2.86. The Hall–Kier alpha value is -1.46. The summed E-state index contributed by atoms with van der Waals surface area (Å²) in [6.45, 7) is 5.70. The lowest BCUT2D eigenvalue weighted by molar-refractivity contribution is 0.250. The van der Waals surface area contributed by atoms with E-state index in [1.807, 2.05) is 39.2 Å². The first-order chi connectivity index (χ1) is 9.61. The van der Waals surface area contributed by atoms with E-state index in [0.717, 1.165) is 23.8 Å². The van der Waals surface area contributed by atoms with Crippen LogP contribution in [0.4, 0.5) is 9.52 Å². The Labute approximate surface area is 123 Å². The number of hydrogen-bond donors (Lipinski definition) is 1. The predicted molar refractivity (Wildman–Crippen MR) is 82.6 cm³/mol. The van der Waals surface area contributed by atoms with E-state index in [1.54, 1.807) is 17.4 Å². The van der Waals surface area contributed by atoms with Gasteiger partial charge in [-0.2, -0.15) is 0 Å². The summed E-state index contributed by atoms with van der Waals surface area (Å²) < 4.78 is 13.8. The molecule has 0 saturated heterocycles. The summed E-state index contributed by atoms with van der Waals surface area (Å²) in [5, 5.41) is 4.14. The van der Waals surface area contributed by atoms with E-state index in [4.69, 9.17) is 0 Å². The normalized spacial score (nSPS) is 12.7. The molecule has 108 valence electrons. The first kappa shape index (κ1) is 14.9. The zero-order chi connectivity index (χ0) is 14.5. The van der Waals surface area contributed by atoms with E-state index >= 15 is 0 Å². The standard InChI is InChI=1S/C15H20FN3S/c1-4-17-15-18-9-12(20-15)10-19(3)11(2)13-7-5-6-8-14(13)16/h5-9,11H,4,10H2,1-3H3,(H,17,18). The topological polar surface area (TPSA) is 28.2 Å². The first-order valence-electron chi connectivity index (χ1n) is 6.75. The number of rotatable bonds is 6. The van der Waals surface area contributed by atoms with Gasteiger partial charge in [-0.15, -0.1) is 11.3 Å². The molecular weight excluding hydrogens is 273 g/mol. The summed E-state index contributed by atoms with van der Waals surface area (Å²) >= 11 is 1.64. The third kappa shape index (κ3) is 3.55. The molecule has 0 aliphatic rings. The van der Waals surface area contributed by atoms with Gasteiger partial charge in [0.25, 0.3) is 0 Å². The van der Waals surface area contributed by atoms with Crippen LogP contribution in [0.3, 0.4) is 0 Å². The van der Waals surface area contributed by atoms with Crippen molar-refractivity contribution in [3.05, 3.63) is 46.7 Å². The molecule has 0 aliphatic carbocycles. The van der Waals surface area contributed by atoms with Gasteiger partial charge in [0.05, 0.1) is 0 Å². The Morgan fingerprint density at radius 1 is 1.40 bits per heavy atom. The van der Waals surface area contributed by atoms with Crippen molar-refractivity contribution in [1.82, 2.24) is 9.88 Å². The highest BCUT2D eigenvalue weighted by atomic mass is 32.1. The molecule has 0 spiro atoms. The summed E-state index contributed by atoms with van der Waals surface area (Å²) in [4.78, 5) is 7.61. The van der Waals surface area contributed by atoms with Crippen LogP contribution >= 0.6 is 11.3 Å². The third-order valence-electron chi connectivity index (χ3n) is 3.30. The van der Waals surface area contributed by atoms with Crippen LogP contribution in [0, 0.1) is 5.82 Å². The van der Waals surface area contributed by atoms with Crippen LogP contribution in [0.25, 0.3) is 0 Å². The highest BCUT2D eigenvalue weighted by molar-refractivity contribution is 7.15. The van der Waals surface area contributed by atoms with E-state index in [9.17, 15) is 4.39 Å².